The summed E-state index contributed by atoms with van der Waals surface area (Å²) in [5.41, 5.74) is 2.33. The number of hydrogen-bond acceptors (Lipinski definition) is 6. The summed E-state index contributed by atoms with van der Waals surface area (Å²) in [6, 6.07) is 17.0. The Kier molecular flexibility index (Phi) is 6.04. The number of carbonyl (C=O) groups is 2. The molecule has 1 aliphatic heterocycles. The highest BCUT2D eigenvalue weighted by Gasteiger charge is 2.36. The number of hydrogen-bond donors (Lipinski definition) is 2. The van der Waals surface area contributed by atoms with E-state index in [4.69, 9.17) is 0 Å². The molecule has 1 atom stereocenters. The molecule has 1 fully saturated rings. The molecule has 2 amide bonds. The van der Waals surface area contributed by atoms with E-state index < -0.39 is 15.1 Å². The number of amides is 2. The van der Waals surface area contributed by atoms with E-state index in [2.05, 4.69) is 20.5 Å². The molecule has 9 nitrogen and oxygen atoms in total. The maximum absolute atomic E-state index is 13.2. The fraction of sp³-hybridized carbons (Fsp3) is 0.200. The fourth-order valence-corrected chi connectivity index (χ4v) is 5.86. The Balaban J connectivity index is 1.21. The van der Waals surface area contributed by atoms with Gasteiger partial charge in [-0.05, 0) is 42.3 Å². The van der Waals surface area contributed by atoms with Crippen LogP contribution >= 0.6 is 0 Å². The van der Waals surface area contributed by atoms with Crippen LogP contribution in [0, 0.1) is 0 Å². The molecule has 1 unspecified atom stereocenters. The van der Waals surface area contributed by atoms with Crippen LogP contribution in [-0.4, -0.2) is 58.7 Å². The summed E-state index contributed by atoms with van der Waals surface area (Å²) in [5, 5.41) is 9.53. The minimum absolute atomic E-state index is 0.156. The smallest absolute Gasteiger partial charge is 0.253 e. The summed E-state index contributed by atoms with van der Waals surface area (Å²) < 4.78 is 26.3. The van der Waals surface area contributed by atoms with Crippen LogP contribution in [0.25, 0.3) is 11.0 Å². The number of fused-ring (bicyclic) bond motifs is 1. The third kappa shape index (κ3) is 4.65. The number of pyridine rings is 1. The molecule has 35 heavy (non-hydrogen) atoms. The molecule has 1 saturated heterocycles. The van der Waals surface area contributed by atoms with Gasteiger partial charge in [0, 0.05) is 36.8 Å². The first-order chi connectivity index (χ1) is 16.9. The van der Waals surface area contributed by atoms with Gasteiger partial charge >= 0.3 is 0 Å². The van der Waals surface area contributed by atoms with Crippen molar-refractivity contribution < 1.29 is 18.0 Å². The van der Waals surface area contributed by atoms with Gasteiger partial charge in [0.25, 0.3) is 11.8 Å². The number of likely N-dealkylation sites (tertiary alicyclic amines) is 1. The van der Waals surface area contributed by atoms with Gasteiger partial charge in [0.05, 0.1) is 21.9 Å². The first-order valence-corrected chi connectivity index (χ1v) is 12.7. The van der Waals surface area contributed by atoms with E-state index >= 15 is 0 Å². The predicted molar refractivity (Wildman–Crippen MR) is 129 cm³/mol. The number of H-pyrrole nitrogens is 1. The van der Waals surface area contributed by atoms with E-state index in [9.17, 15) is 18.0 Å². The van der Waals surface area contributed by atoms with Gasteiger partial charge in [-0.1, -0.05) is 30.3 Å². The maximum Gasteiger partial charge on any atom is 0.253 e. The lowest BCUT2D eigenvalue weighted by atomic mass is 10.2. The number of nitrogens with zero attached hydrogens (tertiary/aromatic N) is 3. The standard InChI is InChI=1S/C25H23N5O4S/c31-24(20-12-19-15-28-29-23(19)26-14-20)27-13-17-6-8-21(9-7-17)35(33,34)22-10-11-30(16-22)25(32)18-4-2-1-3-5-18/h1-9,12,14-15,22H,10-11,13,16H2,(H,27,31)(H,26,28,29). The molecule has 0 radical (unpaired) electrons. The molecule has 1 aliphatic rings. The van der Waals surface area contributed by atoms with E-state index in [-0.39, 0.29) is 29.8 Å². The zero-order valence-corrected chi connectivity index (χ0v) is 19.5. The van der Waals surface area contributed by atoms with E-state index in [1.54, 1.807) is 65.7 Å². The lowest BCUT2D eigenvalue weighted by Crippen LogP contribution is -2.31. The van der Waals surface area contributed by atoms with Gasteiger partial charge in [0.15, 0.2) is 15.5 Å². The van der Waals surface area contributed by atoms with E-state index in [1.165, 1.54) is 6.20 Å². The SMILES string of the molecule is O=C(NCc1ccc(S(=O)(=O)C2CCN(C(=O)c3ccccc3)C2)cc1)c1cnc2[nH]ncc2c1. The summed E-state index contributed by atoms with van der Waals surface area (Å²) in [5.74, 6) is -0.442. The number of carbonyl (C=O) groups excluding carboxylic acids is 2. The van der Waals surface area contributed by atoms with Crippen LogP contribution in [-0.2, 0) is 16.4 Å². The molecule has 0 bridgehead atoms. The number of aromatic nitrogens is 3. The molecule has 2 aromatic carbocycles. The second-order valence-corrected chi connectivity index (χ2v) is 10.7. The number of aromatic amines is 1. The van der Waals surface area contributed by atoms with Crippen LogP contribution in [0.4, 0.5) is 0 Å². The Morgan fingerprint density at radius 2 is 1.80 bits per heavy atom. The Hall–Kier alpha value is -4.05. The second-order valence-electron chi connectivity index (χ2n) is 8.43. The van der Waals surface area contributed by atoms with Crippen LogP contribution in [0.15, 0.2) is 78.0 Å². The molecular weight excluding hydrogens is 466 g/mol. The molecule has 2 aromatic heterocycles. The van der Waals surface area contributed by atoms with Crippen LogP contribution in [0.1, 0.15) is 32.7 Å². The second kappa shape index (κ2) is 9.30. The van der Waals surface area contributed by atoms with E-state index in [1.807, 2.05) is 6.07 Å². The molecule has 10 heteroatoms. The summed E-state index contributed by atoms with van der Waals surface area (Å²) in [7, 11) is -3.59. The highest BCUT2D eigenvalue weighted by atomic mass is 32.2. The largest absolute Gasteiger partial charge is 0.348 e. The van der Waals surface area contributed by atoms with Gasteiger partial charge in [-0.25, -0.2) is 13.4 Å². The Labute approximate surface area is 202 Å². The lowest BCUT2D eigenvalue weighted by Gasteiger charge is -2.17. The minimum Gasteiger partial charge on any atom is -0.348 e. The van der Waals surface area contributed by atoms with Gasteiger partial charge in [0.2, 0.25) is 0 Å². The fourth-order valence-electron chi connectivity index (χ4n) is 4.16. The first-order valence-electron chi connectivity index (χ1n) is 11.2. The van der Waals surface area contributed by atoms with Crippen molar-refractivity contribution in [2.75, 3.05) is 13.1 Å². The number of benzene rings is 2. The first kappa shape index (κ1) is 22.7. The van der Waals surface area contributed by atoms with Gasteiger partial charge < -0.3 is 10.2 Å². The zero-order chi connectivity index (χ0) is 24.4. The number of rotatable bonds is 6. The molecular formula is C25H23N5O4S. The molecule has 178 valence electrons. The monoisotopic (exact) mass is 489 g/mol. The van der Waals surface area contributed by atoms with E-state index in [0.29, 0.717) is 29.7 Å². The van der Waals surface area contributed by atoms with Crippen LogP contribution in [0.2, 0.25) is 0 Å². The third-order valence-electron chi connectivity index (χ3n) is 6.15. The average molecular weight is 490 g/mol. The number of sulfone groups is 1. The Morgan fingerprint density at radius 3 is 2.57 bits per heavy atom. The van der Waals surface area contributed by atoms with Crippen molar-refractivity contribution in [1.82, 2.24) is 25.4 Å². The molecule has 2 N–H and O–H groups in total. The zero-order valence-electron chi connectivity index (χ0n) is 18.7. The van der Waals surface area contributed by atoms with Gasteiger partial charge in [-0.3, -0.25) is 14.7 Å². The predicted octanol–water partition coefficient (Wildman–Crippen LogP) is 2.58. The van der Waals surface area contributed by atoms with Crippen LogP contribution in [0.5, 0.6) is 0 Å². The summed E-state index contributed by atoms with van der Waals surface area (Å²) in [6.45, 7) is 0.815. The normalized spacial score (nSPS) is 15.9. The number of nitrogens with one attached hydrogen (secondary N) is 2. The summed E-state index contributed by atoms with van der Waals surface area (Å²) >= 11 is 0. The maximum atomic E-state index is 13.2. The lowest BCUT2D eigenvalue weighted by molar-refractivity contribution is 0.0793. The highest BCUT2D eigenvalue weighted by Crippen LogP contribution is 2.25. The van der Waals surface area contributed by atoms with Gasteiger partial charge in [-0.15, -0.1) is 0 Å². The molecule has 0 aliphatic carbocycles. The molecule has 4 aromatic rings. The van der Waals surface area contributed by atoms with Crippen molar-refractivity contribution in [1.29, 1.82) is 0 Å². The average Bonchev–Trinajstić information content (AvgIpc) is 3.57. The van der Waals surface area contributed by atoms with Crippen LogP contribution in [0.3, 0.4) is 0 Å². The summed E-state index contributed by atoms with van der Waals surface area (Å²) in [6.07, 6.45) is 3.46. The molecule has 0 spiro atoms. The van der Waals surface area contributed by atoms with Crippen molar-refractivity contribution in [3.63, 3.8) is 0 Å². The molecule has 0 saturated carbocycles. The Bertz CT molecular complexity index is 1480. The topological polar surface area (TPSA) is 125 Å². The van der Waals surface area contributed by atoms with Crippen molar-refractivity contribution in [2.24, 2.45) is 0 Å². The van der Waals surface area contributed by atoms with Crippen LogP contribution < -0.4 is 5.32 Å². The third-order valence-corrected chi connectivity index (χ3v) is 8.34. The van der Waals surface area contributed by atoms with Crippen molar-refractivity contribution in [3.8, 4) is 0 Å². The van der Waals surface area contributed by atoms with Crippen molar-refractivity contribution in [2.45, 2.75) is 23.1 Å². The highest BCUT2D eigenvalue weighted by molar-refractivity contribution is 7.92. The summed E-state index contributed by atoms with van der Waals surface area (Å²) in [4.78, 5) is 31.1. The minimum atomic E-state index is -3.59. The Morgan fingerprint density at radius 1 is 1.03 bits per heavy atom. The van der Waals surface area contributed by atoms with Crippen molar-refractivity contribution >= 4 is 32.7 Å². The molecule has 5 rings (SSSR count). The van der Waals surface area contributed by atoms with Crippen molar-refractivity contribution in [3.05, 3.63) is 89.7 Å². The van der Waals surface area contributed by atoms with Gasteiger partial charge in [0.1, 0.15) is 0 Å². The van der Waals surface area contributed by atoms with E-state index in [0.717, 1.165) is 10.9 Å². The van der Waals surface area contributed by atoms with Gasteiger partial charge in [-0.2, -0.15) is 5.10 Å². The quantitative estimate of drug-likeness (QED) is 0.429. The molecule has 3 heterocycles.